The van der Waals surface area contributed by atoms with Gasteiger partial charge in [0.25, 0.3) is 0 Å². The number of benzene rings is 1. The van der Waals surface area contributed by atoms with E-state index >= 15 is 0 Å². The smallest absolute Gasteiger partial charge is 0.243 e. The molecule has 0 spiro atoms. The number of hydrogen-bond acceptors (Lipinski definition) is 4. The molecule has 0 unspecified atom stereocenters. The van der Waals surface area contributed by atoms with Crippen LogP contribution in [0.1, 0.15) is 33.6 Å². The Bertz CT molecular complexity index is 599. The highest BCUT2D eigenvalue weighted by atomic mass is 32.2. The summed E-state index contributed by atoms with van der Waals surface area (Å²) in [5.74, 6) is 0.350. The van der Waals surface area contributed by atoms with Crippen LogP contribution >= 0.6 is 0 Å². The predicted octanol–water partition coefficient (Wildman–Crippen LogP) is 2.16. The average Bonchev–Trinajstić information content (AvgIpc) is 2.48. The van der Waals surface area contributed by atoms with Gasteiger partial charge in [-0.1, -0.05) is 13.3 Å². The van der Waals surface area contributed by atoms with Crippen LogP contribution in [-0.4, -0.2) is 39.8 Å². The Morgan fingerprint density at radius 2 is 1.87 bits per heavy atom. The highest BCUT2D eigenvalue weighted by Gasteiger charge is 2.28. The lowest BCUT2D eigenvalue weighted by Gasteiger charge is -2.28. The van der Waals surface area contributed by atoms with E-state index in [2.05, 4.69) is 5.32 Å². The number of nitrogens with one attached hydrogen (secondary N) is 1. The van der Waals surface area contributed by atoms with E-state index in [0.717, 1.165) is 23.4 Å². The molecule has 0 heterocycles. The van der Waals surface area contributed by atoms with Crippen LogP contribution in [0.25, 0.3) is 0 Å². The Morgan fingerprint density at radius 1 is 1.26 bits per heavy atom. The summed E-state index contributed by atoms with van der Waals surface area (Å²) in [6, 6.07) is 5.85. The molecule has 1 aromatic carbocycles. The maximum atomic E-state index is 12.2. The number of carbonyl (C=O) groups excluding carboxylic acids is 1. The zero-order valence-corrected chi connectivity index (χ0v) is 15.0. The first kappa shape index (κ1) is 19.3. The minimum absolute atomic E-state index is 0.308. The minimum atomic E-state index is -3.59. The van der Waals surface area contributed by atoms with Gasteiger partial charge in [-0.15, -0.1) is 0 Å². The van der Waals surface area contributed by atoms with Crippen molar-refractivity contribution >= 4 is 21.6 Å². The first-order valence-corrected chi connectivity index (χ1v) is 9.66. The monoisotopic (exact) mass is 342 g/mol. The van der Waals surface area contributed by atoms with Crippen LogP contribution in [0.2, 0.25) is 0 Å². The van der Waals surface area contributed by atoms with Crippen molar-refractivity contribution in [1.82, 2.24) is 5.32 Å². The Labute approximate surface area is 138 Å². The summed E-state index contributed by atoms with van der Waals surface area (Å²) in [5, 5.41) is 2.77. The van der Waals surface area contributed by atoms with E-state index in [1.165, 1.54) is 0 Å². The fraction of sp³-hybridized carbons (Fsp3) is 0.562. The maximum Gasteiger partial charge on any atom is 0.243 e. The highest BCUT2D eigenvalue weighted by Crippen LogP contribution is 2.24. The highest BCUT2D eigenvalue weighted by molar-refractivity contribution is 7.92. The Balaban J connectivity index is 2.98. The third-order valence-electron chi connectivity index (χ3n) is 3.32. The molecule has 1 amide bonds. The van der Waals surface area contributed by atoms with Crippen molar-refractivity contribution in [2.24, 2.45) is 0 Å². The van der Waals surface area contributed by atoms with E-state index in [-0.39, 0.29) is 5.91 Å². The summed E-state index contributed by atoms with van der Waals surface area (Å²) in [5.41, 5.74) is 0.439. The number of rotatable bonds is 9. The molecule has 0 saturated heterocycles. The Morgan fingerprint density at radius 3 is 2.35 bits per heavy atom. The van der Waals surface area contributed by atoms with Crippen LogP contribution in [0.5, 0.6) is 5.75 Å². The van der Waals surface area contributed by atoms with Crippen LogP contribution in [0.4, 0.5) is 5.69 Å². The Hall–Kier alpha value is -1.76. The molecule has 0 aliphatic carbocycles. The summed E-state index contributed by atoms with van der Waals surface area (Å²) in [7, 11) is -3.59. The van der Waals surface area contributed by atoms with Gasteiger partial charge < -0.3 is 10.1 Å². The minimum Gasteiger partial charge on any atom is -0.494 e. The fourth-order valence-electron chi connectivity index (χ4n) is 2.20. The molecule has 1 aromatic rings. The lowest BCUT2D eigenvalue weighted by atomic mass is 10.2. The second kappa shape index (κ2) is 8.76. The van der Waals surface area contributed by atoms with E-state index in [4.69, 9.17) is 4.74 Å². The quantitative estimate of drug-likeness (QED) is 0.698. The van der Waals surface area contributed by atoms with Crippen LogP contribution in [0, 0.1) is 0 Å². The molecule has 0 aromatic heterocycles. The van der Waals surface area contributed by atoms with Crippen molar-refractivity contribution in [3.8, 4) is 5.75 Å². The molecular weight excluding hydrogens is 316 g/mol. The number of carbonyl (C=O) groups is 1. The van der Waals surface area contributed by atoms with Gasteiger partial charge in [-0.25, -0.2) is 8.42 Å². The van der Waals surface area contributed by atoms with E-state index < -0.39 is 16.1 Å². The first-order chi connectivity index (χ1) is 10.8. The molecule has 1 atom stereocenters. The molecule has 0 radical (unpaired) electrons. The van der Waals surface area contributed by atoms with E-state index in [0.29, 0.717) is 24.6 Å². The second-order valence-electron chi connectivity index (χ2n) is 5.31. The number of ether oxygens (including phenoxy) is 1. The lowest BCUT2D eigenvalue weighted by Crippen LogP contribution is -2.48. The van der Waals surface area contributed by atoms with Gasteiger partial charge in [0.1, 0.15) is 11.8 Å². The molecule has 1 N–H and O–H groups in total. The first-order valence-electron chi connectivity index (χ1n) is 7.81. The van der Waals surface area contributed by atoms with E-state index in [1.54, 1.807) is 31.2 Å². The van der Waals surface area contributed by atoms with Crippen LogP contribution in [0.3, 0.4) is 0 Å². The topological polar surface area (TPSA) is 75.7 Å². The molecular formula is C16H26N2O4S. The Kier molecular flexibility index (Phi) is 7.35. The van der Waals surface area contributed by atoms with E-state index in [9.17, 15) is 13.2 Å². The molecule has 23 heavy (non-hydrogen) atoms. The zero-order valence-electron chi connectivity index (χ0n) is 14.2. The van der Waals surface area contributed by atoms with Gasteiger partial charge >= 0.3 is 0 Å². The van der Waals surface area contributed by atoms with Crippen molar-refractivity contribution in [3.63, 3.8) is 0 Å². The molecule has 130 valence electrons. The SMILES string of the molecule is CCCCNC(=O)[C@H](C)N(c1ccc(OCC)cc1)S(C)(=O)=O. The van der Waals surface area contributed by atoms with Gasteiger partial charge in [0.15, 0.2) is 0 Å². The molecule has 0 aliphatic heterocycles. The van der Waals surface area contributed by atoms with Crippen LogP contribution in [-0.2, 0) is 14.8 Å². The third-order valence-corrected chi connectivity index (χ3v) is 4.56. The number of sulfonamides is 1. The number of unbranched alkanes of at least 4 members (excludes halogenated alkanes) is 1. The van der Waals surface area contributed by atoms with Crippen LogP contribution in [0.15, 0.2) is 24.3 Å². The molecule has 7 heteroatoms. The summed E-state index contributed by atoms with van der Waals surface area (Å²) in [6.45, 7) is 6.56. The zero-order chi connectivity index (χ0) is 17.5. The summed E-state index contributed by atoms with van der Waals surface area (Å²) >= 11 is 0. The molecule has 0 aliphatic rings. The van der Waals surface area contributed by atoms with Crippen molar-refractivity contribution in [2.45, 2.75) is 39.7 Å². The average molecular weight is 342 g/mol. The molecule has 0 saturated carbocycles. The van der Waals surface area contributed by atoms with Gasteiger partial charge in [0.05, 0.1) is 18.6 Å². The second-order valence-corrected chi connectivity index (χ2v) is 7.17. The van der Waals surface area contributed by atoms with Crippen molar-refractivity contribution in [2.75, 3.05) is 23.7 Å². The molecule has 1 rings (SSSR count). The summed E-state index contributed by atoms with van der Waals surface area (Å²) in [4.78, 5) is 12.2. The standard InChI is InChI=1S/C16H26N2O4S/c1-5-7-12-17-16(19)13(3)18(23(4,20)21)14-8-10-15(11-9-14)22-6-2/h8-11,13H,5-7,12H2,1-4H3,(H,17,19)/t13-/m0/s1. The van der Waals surface area contributed by atoms with Crippen molar-refractivity contribution in [1.29, 1.82) is 0 Å². The van der Waals surface area contributed by atoms with Gasteiger partial charge in [-0.3, -0.25) is 9.10 Å². The van der Waals surface area contributed by atoms with Crippen molar-refractivity contribution < 1.29 is 17.9 Å². The van der Waals surface area contributed by atoms with E-state index in [1.807, 2.05) is 13.8 Å². The van der Waals surface area contributed by atoms with Gasteiger partial charge in [-0.2, -0.15) is 0 Å². The van der Waals surface area contributed by atoms with Crippen molar-refractivity contribution in [3.05, 3.63) is 24.3 Å². The number of hydrogen-bond donors (Lipinski definition) is 1. The van der Waals surface area contributed by atoms with Gasteiger partial charge in [0.2, 0.25) is 15.9 Å². The molecule has 0 bridgehead atoms. The van der Waals surface area contributed by atoms with Gasteiger partial charge in [-0.05, 0) is 44.5 Å². The third kappa shape index (κ3) is 5.74. The number of anilines is 1. The number of nitrogens with zero attached hydrogens (tertiary/aromatic N) is 1. The predicted molar refractivity (Wildman–Crippen MR) is 92.3 cm³/mol. The fourth-order valence-corrected chi connectivity index (χ4v) is 3.38. The summed E-state index contributed by atoms with van der Waals surface area (Å²) in [6.07, 6.45) is 2.92. The molecule has 6 nitrogen and oxygen atoms in total. The number of amides is 1. The maximum absolute atomic E-state index is 12.2. The normalized spacial score (nSPS) is 12.5. The molecule has 0 fully saturated rings. The van der Waals surface area contributed by atoms with Gasteiger partial charge in [0, 0.05) is 6.54 Å². The largest absolute Gasteiger partial charge is 0.494 e. The summed E-state index contributed by atoms with van der Waals surface area (Å²) < 4.78 is 30.7. The lowest BCUT2D eigenvalue weighted by molar-refractivity contribution is -0.121. The van der Waals surface area contributed by atoms with Crippen LogP contribution < -0.4 is 14.4 Å².